The molecule has 0 radical (unpaired) electrons. The summed E-state index contributed by atoms with van der Waals surface area (Å²) in [6, 6.07) is 13.9. The van der Waals surface area contributed by atoms with Gasteiger partial charge in [0, 0.05) is 6.08 Å². The number of aryl methyl sites for hydroxylation is 1. The highest BCUT2D eigenvalue weighted by Crippen LogP contribution is 2.33. The van der Waals surface area contributed by atoms with E-state index in [1.165, 1.54) is 0 Å². The van der Waals surface area contributed by atoms with Crippen LogP contribution in [0.5, 0.6) is 11.5 Å². The molecule has 0 bridgehead atoms. The van der Waals surface area contributed by atoms with Gasteiger partial charge in [0.05, 0.1) is 19.8 Å². The minimum absolute atomic E-state index is 0.544. The van der Waals surface area contributed by atoms with Crippen molar-refractivity contribution in [3.63, 3.8) is 0 Å². The van der Waals surface area contributed by atoms with E-state index in [0.29, 0.717) is 18.1 Å². The van der Waals surface area contributed by atoms with E-state index in [9.17, 15) is 5.26 Å². The first-order valence-electron chi connectivity index (χ1n) is 7.79. The lowest BCUT2D eigenvalue weighted by atomic mass is 9.94. The lowest BCUT2D eigenvalue weighted by Gasteiger charge is -2.14. The molecule has 3 nitrogen and oxygen atoms in total. The molecule has 0 heterocycles. The molecule has 122 valence electrons. The Morgan fingerprint density at radius 1 is 1.17 bits per heavy atom. The predicted octanol–water partition coefficient (Wildman–Crippen LogP) is 5.00. The van der Waals surface area contributed by atoms with Crippen LogP contribution in [0.15, 0.2) is 49.1 Å². The van der Waals surface area contributed by atoms with E-state index < -0.39 is 0 Å². The summed E-state index contributed by atoms with van der Waals surface area (Å²) in [5.74, 6) is 1.34. The maximum Gasteiger partial charge on any atom is 0.161 e. The Morgan fingerprint density at radius 3 is 2.50 bits per heavy atom. The molecule has 24 heavy (non-hydrogen) atoms. The third-order valence-corrected chi connectivity index (χ3v) is 3.79. The highest BCUT2D eigenvalue weighted by molar-refractivity contribution is 5.83. The first kappa shape index (κ1) is 17.4. The molecule has 0 saturated heterocycles. The second-order valence-electron chi connectivity index (χ2n) is 5.26. The third kappa shape index (κ3) is 3.67. The molecule has 0 N–H and O–H groups in total. The molecule has 0 aliphatic heterocycles. The molecule has 0 aromatic heterocycles. The number of hydrogen-bond acceptors (Lipinski definition) is 3. The monoisotopic (exact) mass is 319 g/mol. The molecule has 0 atom stereocenters. The smallest absolute Gasteiger partial charge is 0.161 e. The van der Waals surface area contributed by atoms with Crippen LogP contribution in [0.2, 0.25) is 0 Å². The van der Waals surface area contributed by atoms with Gasteiger partial charge < -0.3 is 9.47 Å². The van der Waals surface area contributed by atoms with Gasteiger partial charge in [0.25, 0.3) is 0 Å². The highest BCUT2D eigenvalue weighted by atomic mass is 16.5. The van der Waals surface area contributed by atoms with Gasteiger partial charge in [-0.3, -0.25) is 0 Å². The second kappa shape index (κ2) is 8.03. The molecule has 0 aliphatic rings. The quantitative estimate of drug-likeness (QED) is 0.704. The Balaban J connectivity index is 2.57. The number of methoxy groups -OCH3 is 1. The van der Waals surface area contributed by atoms with Crippen LogP contribution in [0, 0.1) is 18.3 Å². The molecule has 2 aromatic rings. The van der Waals surface area contributed by atoms with Crippen molar-refractivity contribution in [2.45, 2.75) is 13.8 Å². The van der Waals surface area contributed by atoms with Crippen LogP contribution in [-0.2, 0) is 0 Å². The minimum Gasteiger partial charge on any atom is -0.493 e. The third-order valence-electron chi connectivity index (χ3n) is 3.79. The van der Waals surface area contributed by atoms with Gasteiger partial charge in [-0.2, -0.15) is 5.26 Å². The fraction of sp³-hybridized carbons (Fsp3) is 0.190. The van der Waals surface area contributed by atoms with Gasteiger partial charge in [0.2, 0.25) is 0 Å². The van der Waals surface area contributed by atoms with Crippen LogP contribution in [0.1, 0.15) is 29.2 Å². The summed E-state index contributed by atoms with van der Waals surface area (Å²) in [5, 5.41) is 9.21. The zero-order valence-electron chi connectivity index (χ0n) is 14.3. The molecule has 0 spiro atoms. The molecule has 0 amide bonds. The van der Waals surface area contributed by atoms with E-state index in [2.05, 4.69) is 12.6 Å². The van der Waals surface area contributed by atoms with E-state index >= 15 is 0 Å². The van der Waals surface area contributed by atoms with E-state index in [1.54, 1.807) is 13.2 Å². The van der Waals surface area contributed by atoms with E-state index in [-0.39, 0.29) is 0 Å². The van der Waals surface area contributed by atoms with Crippen LogP contribution in [0.25, 0.3) is 11.6 Å². The molecule has 0 fully saturated rings. The van der Waals surface area contributed by atoms with Gasteiger partial charge in [0.15, 0.2) is 11.5 Å². The van der Waals surface area contributed by atoms with Gasteiger partial charge in [0.1, 0.15) is 0 Å². The van der Waals surface area contributed by atoms with E-state index in [4.69, 9.17) is 9.47 Å². The maximum atomic E-state index is 9.21. The number of nitriles is 1. The first-order chi connectivity index (χ1) is 11.6. The van der Waals surface area contributed by atoms with E-state index in [1.807, 2.05) is 56.3 Å². The summed E-state index contributed by atoms with van der Waals surface area (Å²) >= 11 is 0. The zero-order valence-corrected chi connectivity index (χ0v) is 14.3. The van der Waals surface area contributed by atoms with Gasteiger partial charge in [-0.25, -0.2) is 0 Å². The molecule has 2 rings (SSSR count). The van der Waals surface area contributed by atoms with Crippen molar-refractivity contribution in [2.75, 3.05) is 13.7 Å². The fourth-order valence-electron chi connectivity index (χ4n) is 2.54. The van der Waals surface area contributed by atoms with Crippen LogP contribution in [0.4, 0.5) is 0 Å². The molecule has 0 saturated carbocycles. The van der Waals surface area contributed by atoms with Gasteiger partial charge in [-0.05, 0) is 59.9 Å². The number of allylic oxidation sites excluding steroid dienone is 1. The predicted molar refractivity (Wildman–Crippen MR) is 98.1 cm³/mol. The summed E-state index contributed by atoms with van der Waals surface area (Å²) in [4.78, 5) is 0. The standard InChI is InChI=1S/C21H21NO2/c1-5-16-13-17(8-7-15(16)3)19(11-12-22)18-9-10-20(23-4)21(14-18)24-6-2/h5,7-11,13-14H,1,6H2,2-4H3/b19-11+. The van der Waals surface area contributed by atoms with Crippen molar-refractivity contribution in [1.29, 1.82) is 5.26 Å². The number of hydrogen-bond donors (Lipinski definition) is 0. The van der Waals surface area contributed by atoms with Crippen molar-refractivity contribution in [1.82, 2.24) is 0 Å². The average molecular weight is 319 g/mol. The number of ether oxygens (including phenoxy) is 2. The zero-order chi connectivity index (χ0) is 17.5. The van der Waals surface area contributed by atoms with Gasteiger partial charge >= 0.3 is 0 Å². The van der Waals surface area contributed by atoms with Crippen LogP contribution in [0.3, 0.4) is 0 Å². The Labute approximate surface area is 143 Å². The Kier molecular flexibility index (Phi) is 5.81. The summed E-state index contributed by atoms with van der Waals surface area (Å²) in [5.41, 5.74) is 4.90. The largest absolute Gasteiger partial charge is 0.493 e. The average Bonchev–Trinajstić information content (AvgIpc) is 2.60. The summed E-state index contributed by atoms with van der Waals surface area (Å²) in [6.45, 7) is 8.36. The van der Waals surface area contributed by atoms with Crippen LogP contribution in [-0.4, -0.2) is 13.7 Å². The molecular weight excluding hydrogens is 298 g/mol. The lowest BCUT2D eigenvalue weighted by Crippen LogP contribution is -1.97. The van der Waals surface area contributed by atoms with Crippen molar-refractivity contribution in [3.05, 3.63) is 71.3 Å². The molecule has 3 heteroatoms. The Morgan fingerprint density at radius 2 is 1.88 bits per heavy atom. The normalized spacial score (nSPS) is 10.8. The summed E-state index contributed by atoms with van der Waals surface area (Å²) in [7, 11) is 1.61. The Bertz CT molecular complexity index is 813. The first-order valence-corrected chi connectivity index (χ1v) is 7.79. The number of rotatable bonds is 6. The minimum atomic E-state index is 0.544. The van der Waals surface area contributed by atoms with Crippen molar-refractivity contribution in [2.24, 2.45) is 0 Å². The summed E-state index contributed by atoms with van der Waals surface area (Å²) in [6.07, 6.45) is 3.37. The number of benzene rings is 2. The van der Waals surface area contributed by atoms with Gasteiger partial charge in [-0.1, -0.05) is 30.9 Å². The molecule has 0 aliphatic carbocycles. The highest BCUT2D eigenvalue weighted by Gasteiger charge is 2.11. The second-order valence-corrected chi connectivity index (χ2v) is 5.26. The van der Waals surface area contributed by atoms with Crippen LogP contribution >= 0.6 is 0 Å². The molecular formula is C21H21NO2. The SMILES string of the molecule is C=Cc1cc(/C(=C\C#N)c2ccc(OC)c(OCC)c2)ccc1C. The van der Waals surface area contributed by atoms with Gasteiger partial charge in [-0.15, -0.1) is 0 Å². The lowest BCUT2D eigenvalue weighted by molar-refractivity contribution is 0.311. The number of nitrogens with zero attached hydrogens (tertiary/aromatic N) is 1. The van der Waals surface area contributed by atoms with Crippen molar-refractivity contribution >= 4 is 11.6 Å². The van der Waals surface area contributed by atoms with E-state index in [0.717, 1.165) is 27.8 Å². The van der Waals surface area contributed by atoms with Crippen molar-refractivity contribution < 1.29 is 9.47 Å². The molecule has 2 aromatic carbocycles. The maximum absolute atomic E-state index is 9.21. The molecule has 0 unspecified atom stereocenters. The topological polar surface area (TPSA) is 42.2 Å². The van der Waals surface area contributed by atoms with Crippen LogP contribution < -0.4 is 9.47 Å². The fourth-order valence-corrected chi connectivity index (χ4v) is 2.54. The Hall–Kier alpha value is -2.99. The van der Waals surface area contributed by atoms with Crippen molar-refractivity contribution in [3.8, 4) is 17.6 Å². The summed E-state index contributed by atoms with van der Waals surface area (Å²) < 4.78 is 11.0.